The van der Waals surface area contributed by atoms with E-state index in [2.05, 4.69) is 146 Å². The molecule has 0 spiro atoms. The molecule has 4 rings (SSSR count). The average Bonchev–Trinajstić information content (AvgIpc) is 2.86. The summed E-state index contributed by atoms with van der Waals surface area (Å²) in [5.41, 5.74) is 8.61. The van der Waals surface area contributed by atoms with Crippen LogP contribution in [0.3, 0.4) is 0 Å². The molecule has 4 aromatic rings. The molecule has 0 aliphatic rings. The summed E-state index contributed by atoms with van der Waals surface area (Å²) in [7, 11) is 0. The first kappa shape index (κ1) is 21.4. The van der Waals surface area contributed by atoms with Crippen LogP contribution in [0.5, 0.6) is 0 Å². The zero-order chi connectivity index (χ0) is 22.2. The molecule has 0 aliphatic carbocycles. The number of para-hydroxylation sites is 1. The first-order valence-electron chi connectivity index (χ1n) is 11.2. The van der Waals surface area contributed by atoms with Gasteiger partial charge >= 0.3 is 0 Å². The molecule has 1 heteroatoms. The molecule has 0 unspecified atom stereocenters. The molecule has 0 amide bonds. The lowest BCUT2D eigenvalue weighted by molar-refractivity contribution is 1.23. The zero-order valence-corrected chi connectivity index (χ0v) is 18.8. The van der Waals surface area contributed by atoms with Crippen molar-refractivity contribution < 1.29 is 0 Å². The number of rotatable bonds is 7. The van der Waals surface area contributed by atoms with E-state index >= 15 is 0 Å². The Balaban J connectivity index is 1.63. The predicted molar refractivity (Wildman–Crippen MR) is 139 cm³/mol. The van der Waals surface area contributed by atoms with E-state index in [1.807, 2.05) is 0 Å². The molecule has 32 heavy (non-hydrogen) atoms. The van der Waals surface area contributed by atoms with Crippen molar-refractivity contribution in [1.29, 1.82) is 0 Å². The molecule has 0 heterocycles. The summed E-state index contributed by atoms with van der Waals surface area (Å²) in [6.45, 7) is 4.33. The van der Waals surface area contributed by atoms with Crippen molar-refractivity contribution >= 4 is 16.9 Å². The van der Waals surface area contributed by atoms with Gasteiger partial charge in [-0.1, -0.05) is 103 Å². The van der Waals surface area contributed by atoms with Crippen LogP contribution in [0.2, 0.25) is 0 Å². The first-order chi connectivity index (χ1) is 15.7. The Morgan fingerprint density at radius 3 is 1.84 bits per heavy atom. The Morgan fingerprint density at radius 2 is 1.22 bits per heavy atom. The number of benzene rings is 4. The van der Waals surface area contributed by atoms with Crippen LogP contribution in [-0.4, -0.2) is 0 Å². The molecular formula is C31H29N. The molecule has 0 N–H and O–H groups in total. The second kappa shape index (κ2) is 10.5. The van der Waals surface area contributed by atoms with Gasteiger partial charge in [0.1, 0.15) is 0 Å². The third kappa shape index (κ3) is 5.25. The number of allylic oxidation sites excluding steroid dienone is 3. The van der Waals surface area contributed by atoms with Crippen LogP contribution >= 0.6 is 0 Å². The number of hydrogen-bond acceptors (Lipinski definition) is 1. The Morgan fingerprint density at radius 1 is 0.656 bits per heavy atom. The number of aryl methyl sites for hydroxylation is 1. The normalized spacial score (nSPS) is 11.6. The third-order valence-electron chi connectivity index (χ3n) is 5.62. The van der Waals surface area contributed by atoms with Crippen molar-refractivity contribution in [3.05, 3.63) is 139 Å². The van der Waals surface area contributed by atoms with Crippen molar-refractivity contribution in [2.45, 2.75) is 20.3 Å². The van der Waals surface area contributed by atoms with Gasteiger partial charge in [-0.2, -0.15) is 0 Å². The lowest BCUT2D eigenvalue weighted by Crippen LogP contribution is -2.07. The second-order valence-corrected chi connectivity index (χ2v) is 7.87. The van der Waals surface area contributed by atoms with Gasteiger partial charge in [-0.3, -0.25) is 0 Å². The molecule has 0 atom stereocenters. The van der Waals surface area contributed by atoms with Gasteiger partial charge in [0.2, 0.25) is 0 Å². The minimum absolute atomic E-state index is 0.991. The Hall–Kier alpha value is -3.84. The van der Waals surface area contributed by atoms with Crippen LogP contribution in [0.25, 0.3) is 16.7 Å². The average molecular weight is 416 g/mol. The molecule has 0 aliphatic heterocycles. The molecule has 158 valence electrons. The molecule has 1 nitrogen and oxygen atoms in total. The quantitative estimate of drug-likeness (QED) is 0.273. The van der Waals surface area contributed by atoms with E-state index < -0.39 is 0 Å². The number of anilines is 2. The molecule has 0 bridgehead atoms. The Labute approximate surface area is 192 Å². The molecule has 0 saturated carbocycles. The fourth-order valence-electron chi connectivity index (χ4n) is 3.79. The maximum absolute atomic E-state index is 2.23. The summed E-state index contributed by atoms with van der Waals surface area (Å²) < 4.78 is 0. The van der Waals surface area contributed by atoms with Crippen LogP contribution < -0.4 is 4.90 Å². The van der Waals surface area contributed by atoms with E-state index in [1.54, 1.807) is 0 Å². The second-order valence-electron chi connectivity index (χ2n) is 7.87. The van der Waals surface area contributed by atoms with Gasteiger partial charge in [0.25, 0.3) is 0 Å². The molecule has 4 aromatic carbocycles. The van der Waals surface area contributed by atoms with Crippen LogP contribution in [0, 0.1) is 6.92 Å². The van der Waals surface area contributed by atoms with E-state index in [9.17, 15) is 0 Å². The Bertz CT molecular complexity index is 1170. The van der Waals surface area contributed by atoms with E-state index in [0.717, 1.165) is 17.8 Å². The number of nitrogens with zero attached hydrogens (tertiary/aromatic N) is 1. The van der Waals surface area contributed by atoms with Crippen molar-refractivity contribution in [3.8, 4) is 11.1 Å². The van der Waals surface area contributed by atoms with Gasteiger partial charge < -0.3 is 4.90 Å². The molecule has 0 fully saturated rings. The van der Waals surface area contributed by atoms with Crippen LogP contribution in [-0.2, 0) is 0 Å². The Kier molecular flexibility index (Phi) is 6.99. The van der Waals surface area contributed by atoms with Gasteiger partial charge in [-0.15, -0.1) is 0 Å². The number of hydrogen-bond donors (Lipinski definition) is 0. The highest BCUT2D eigenvalue weighted by atomic mass is 15.1. The van der Waals surface area contributed by atoms with Crippen molar-refractivity contribution in [3.63, 3.8) is 0 Å². The van der Waals surface area contributed by atoms with Gasteiger partial charge in [0.15, 0.2) is 0 Å². The maximum Gasteiger partial charge on any atom is 0.0455 e. The summed E-state index contributed by atoms with van der Waals surface area (Å²) in [5, 5.41) is 0. The largest absolute Gasteiger partial charge is 0.317 e. The predicted octanol–water partition coefficient (Wildman–Crippen LogP) is 8.81. The van der Waals surface area contributed by atoms with Crippen LogP contribution in [0.15, 0.2) is 128 Å². The highest BCUT2D eigenvalue weighted by Gasteiger charge is 2.07. The van der Waals surface area contributed by atoms with Crippen molar-refractivity contribution in [2.24, 2.45) is 0 Å². The van der Waals surface area contributed by atoms with Gasteiger partial charge in [-0.05, 0) is 65.9 Å². The van der Waals surface area contributed by atoms with Crippen LogP contribution in [0.1, 0.15) is 24.5 Å². The van der Waals surface area contributed by atoms with Crippen molar-refractivity contribution in [1.82, 2.24) is 0 Å². The lowest BCUT2D eigenvalue weighted by Gasteiger charge is -2.21. The van der Waals surface area contributed by atoms with Gasteiger partial charge in [0.05, 0.1) is 0 Å². The minimum atomic E-state index is 0.991. The summed E-state index contributed by atoms with van der Waals surface area (Å²) >= 11 is 0. The summed E-state index contributed by atoms with van der Waals surface area (Å²) in [4.78, 5) is 2.23. The summed E-state index contributed by atoms with van der Waals surface area (Å²) in [5.74, 6) is 0. The molecule has 0 radical (unpaired) electrons. The minimum Gasteiger partial charge on any atom is -0.317 e. The standard InChI is InChI=1S/C31H29N/c1-3-26(28-18-16-25(2)17-19-28)13-10-24-32(30-14-8-5-9-15-30)31-22-20-29(21-23-31)27-11-6-4-7-12-27/h4-24H,3H2,1-2H3/b24-10+,26-13+. The smallest absolute Gasteiger partial charge is 0.0455 e. The summed E-state index contributed by atoms with van der Waals surface area (Å²) in [6, 6.07) is 38.5. The third-order valence-corrected chi connectivity index (χ3v) is 5.62. The van der Waals surface area contributed by atoms with E-state index in [1.165, 1.54) is 27.8 Å². The van der Waals surface area contributed by atoms with E-state index in [0.29, 0.717) is 0 Å². The topological polar surface area (TPSA) is 3.24 Å². The highest BCUT2D eigenvalue weighted by molar-refractivity contribution is 5.72. The molecule has 0 saturated heterocycles. The molecule has 0 aromatic heterocycles. The SMILES string of the molecule is CC/C(=C\C=C\N(c1ccccc1)c1ccc(-c2ccccc2)cc1)c1ccc(C)cc1. The summed E-state index contributed by atoms with van der Waals surface area (Å²) in [6.07, 6.45) is 7.51. The van der Waals surface area contributed by atoms with E-state index in [4.69, 9.17) is 0 Å². The zero-order valence-electron chi connectivity index (χ0n) is 18.8. The van der Waals surface area contributed by atoms with Gasteiger partial charge in [-0.25, -0.2) is 0 Å². The van der Waals surface area contributed by atoms with Crippen LogP contribution in [0.4, 0.5) is 11.4 Å². The fourth-order valence-corrected chi connectivity index (χ4v) is 3.79. The van der Waals surface area contributed by atoms with E-state index in [-0.39, 0.29) is 0 Å². The highest BCUT2D eigenvalue weighted by Crippen LogP contribution is 2.29. The molecular weight excluding hydrogens is 386 g/mol. The monoisotopic (exact) mass is 415 g/mol. The fraction of sp³-hybridized carbons (Fsp3) is 0.0968. The first-order valence-corrected chi connectivity index (χ1v) is 11.2. The van der Waals surface area contributed by atoms with Crippen molar-refractivity contribution in [2.75, 3.05) is 4.90 Å². The maximum atomic E-state index is 2.23. The van der Waals surface area contributed by atoms with Gasteiger partial charge in [0, 0.05) is 17.6 Å². The lowest BCUT2D eigenvalue weighted by atomic mass is 10.0.